The minimum Gasteiger partial charge on any atom is -0.381 e. The van der Waals surface area contributed by atoms with E-state index in [0.29, 0.717) is 11.1 Å². The molecule has 2 N–H and O–H groups in total. The van der Waals surface area contributed by atoms with Crippen LogP contribution in [0.1, 0.15) is 103 Å². The minimum atomic E-state index is -4.42. The van der Waals surface area contributed by atoms with Gasteiger partial charge < -0.3 is 23.7 Å². The van der Waals surface area contributed by atoms with Gasteiger partial charge in [-0.15, -0.1) is 0 Å². The third kappa shape index (κ3) is 24.9. The number of unbranched alkanes of at least 4 members (excludes halogenated alkanes) is 11. The lowest BCUT2D eigenvalue weighted by atomic mass is 10.1. The van der Waals surface area contributed by atoms with Gasteiger partial charge in [-0.2, -0.15) is 0 Å². The van der Waals surface area contributed by atoms with Crippen molar-refractivity contribution in [3.8, 4) is 0 Å². The van der Waals surface area contributed by atoms with E-state index in [-0.39, 0.29) is 12.6 Å². The molecule has 0 saturated heterocycles. The van der Waals surface area contributed by atoms with E-state index in [1.54, 1.807) is 0 Å². The van der Waals surface area contributed by atoms with Crippen LogP contribution in [-0.4, -0.2) is 74.5 Å². The van der Waals surface area contributed by atoms with Crippen LogP contribution in [0.2, 0.25) is 0 Å². The first kappa shape index (κ1) is 33.0. The molecule has 7 nitrogen and oxygen atoms in total. The van der Waals surface area contributed by atoms with Gasteiger partial charge in [0.15, 0.2) is 0 Å². The van der Waals surface area contributed by atoms with Crippen molar-refractivity contribution < 1.29 is 32.8 Å². The monoisotopic (exact) mass is 496 g/mol. The molecule has 0 saturated carbocycles. The highest BCUT2D eigenvalue weighted by atomic mass is 31.2. The number of ether oxygens (including phenoxy) is 2. The number of phosphoric acid groups is 1. The maximum atomic E-state index is 11.0. The third-order valence-electron chi connectivity index (χ3n) is 6.08. The van der Waals surface area contributed by atoms with Gasteiger partial charge in [-0.1, -0.05) is 71.1 Å². The number of rotatable bonds is 25. The SMILES string of the molecule is CCCCCOCCCCCCCCCCCCOCCCC(COP(=O)(O)O)[N+](C)(C)C. The summed E-state index contributed by atoms with van der Waals surface area (Å²) in [5.41, 5.74) is 0. The number of likely N-dealkylation sites (N-methyl/N-ethyl adjacent to an activating group) is 1. The Morgan fingerprint density at radius 3 is 1.45 bits per heavy atom. The molecule has 200 valence electrons. The average molecular weight is 497 g/mol. The number of hydrogen-bond donors (Lipinski definition) is 2. The number of nitrogens with zero attached hydrogens (tertiary/aromatic N) is 1. The normalized spacial score (nSPS) is 13.5. The Kier molecular flexibility index (Phi) is 21.3. The largest absolute Gasteiger partial charge is 0.469 e. The van der Waals surface area contributed by atoms with E-state index in [9.17, 15) is 4.57 Å². The average Bonchev–Trinajstić information content (AvgIpc) is 2.72. The van der Waals surface area contributed by atoms with Crippen LogP contribution in [0.25, 0.3) is 0 Å². The molecular weight excluding hydrogens is 441 g/mol. The molecule has 0 fully saturated rings. The predicted molar refractivity (Wildman–Crippen MR) is 136 cm³/mol. The first-order valence-electron chi connectivity index (χ1n) is 13.3. The van der Waals surface area contributed by atoms with Gasteiger partial charge in [0.1, 0.15) is 12.6 Å². The fourth-order valence-electron chi connectivity index (χ4n) is 3.78. The molecule has 0 amide bonds. The van der Waals surface area contributed by atoms with Gasteiger partial charge in [-0.25, -0.2) is 4.57 Å². The zero-order valence-corrected chi connectivity index (χ0v) is 23.0. The smallest absolute Gasteiger partial charge is 0.381 e. The molecule has 0 aliphatic carbocycles. The predicted octanol–water partition coefficient (Wildman–Crippen LogP) is 6.08. The van der Waals surface area contributed by atoms with Crippen molar-refractivity contribution in [1.82, 2.24) is 0 Å². The quantitative estimate of drug-likeness (QED) is 0.0906. The summed E-state index contributed by atoms with van der Waals surface area (Å²) in [4.78, 5) is 17.9. The molecule has 0 aromatic carbocycles. The van der Waals surface area contributed by atoms with Gasteiger partial charge in [0.05, 0.1) is 21.1 Å². The van der Waals surface area contributed by atoms with Crippen LogP contribution in [0.4, 0.5) is 0 Å². The van der Waals surface area contributed by atoms with Crippen molar-refractivity contribution in [3.63, 3.8) is 0 Å². The summed E-state index contributed by atoms with van der Waals surface area (Å²) in [7, 11) is 1.63. The Morgan fingerprint density at radius 1 is 0.667 bits per heavy atom. The first-order valence-corrected chi connectivity index (χ1v) is 14.9. The van der Waals surface area contributed by atoms with E-state index in [4.69, 9.17) is 23.8 Å². The lowest BCUT2D eigenvalue weighted by Crippen LogP contribution is -2.47. The molecule has 0 bridgehead atoms. The topological polar surface area (TPSA) is 85.2 Å². The Morgan fingerprint density at radius 2 is 1.06 bits per heavy atom. The summed E-state index contributed by atoms with van der Waals surface area (Å²) >= 11 is 0. The molecule has 0 aliphatic rings. The van der Waals surface area contributed by atoms with Gasteiger partial charge in [0, 0.05) is 32.8 Å². The van der Waals surface area contributed by atoms with Crippen LogP contribution in [-0.2, 0) is 18.6 Å². The maximum absolute atomic E-state index is 11.0. The van der Waals surface area contributed by atoms with Gasteiger partial charge in [-0.3, -0.25) is 4.52 Å². The van der Waals surface area contributed by atoms with Crippen LogP contribution in [0.5, 0.6) is 0 Å². The van der Waals surface area contributed by atoms with Crippen molar-refractivity contribution in [1.29, 1.82) is 0 Å². The summed E-state index contributed by atoms with van der Waals surface area (Å²) in [6.45, 7) is 5.65. The highest BCUT2D eigenvalue weighted by Gasteiger charge is 2.27. The fourth-order valence-corrected chi connectivity index (χ4v) is 4.15. The lowest BCUT2D eigenvalue weighted by Gasteiger charge is -2.34. The number of phosphoric ester groups is 1. The zero-order valence-electron chi connectivity index (χ0n) is 22.1. The van der Waals surface area contributed by atoms with Crippen LogP contribution >= 0.6 is 7.82 Å². The second-order valence-electron chi connectivity index (χ2n) is 10.2. The molecule has 0 radical (unpaired) electrons. The van der Waals surface area contributed by atoms with Crippen LogP contribution in [0.15, 0.2) is 0 Å². The minimum absolute atomic E-state index is 0.0325. The molecule has 33 heavy (non-hydrogen) atoms. The number of quaternary nitrogens is 1. The van der Waals surface area contributed by atoms with Crippen molar-refractivity contribution in [3.05, 3.63) is 0 Å². The van der Waals surface area contributed by atoms with Gasteiger partial charge in [0.25, 0.3) is 0 Å². The molecule has 0 aromatic rings. The molecule has 8 heteroatoms. The molecule has 0 spiro atoms. The Hall–Kier alpha value is -0.0100. The summed E-state index contributed by atoms with van der Waals surface area (Å²) in [5.74, 6) is 0. The van der Waals surface area contributed by atoms with Gasteiger partial charge >= 0.3 is 7.82 Å². The number of hydrogen-bond acceptors (Lipinski definition) is 4. The second kappa shape index (κ2) is 21.3. The Labute approximate surface area is 204 Å². The van der Waals surface area contributed by atoms with E-state index in [1.807, 2.05) is 21.1 Å². The summed E-state index contributed by atoms with van der Waals surface area (Å²) in [5, 5.41) is 0. The molecular formula is C25H55NO6P+. The summed E-state index contributed by atoms with van der Waals surface area (Å²) in [6.07, 6.45) is 18.3. The van der Waals surface area contributed by atoms with E-state index < -0.39 is 7.82 Å². The highest BCUT2D eigenvalue weighted by Crippen LogP contribution is 2.36. The molecule has 1 unspecified atom stereocenters. The van der Waals surface area contributed by atoms with Crippen LogP contribution < -0.4 is 0 Å². The lowest BCUT2D eigenvalue weighted by molar-refractivity contribution is -0.896. The summed E-state index contributed by atoms with van der Waals surface area (Å²) < 4.78 is 27.7. The molecule has 1 atom stereocenters. The fraction of sp³-hybridized carbons (Fsp3) is 1.00. The molecule has 0 rings (SSSR count). The Balaban J connectivity index is 3.40. The van der Waals surface area contributed by atoms with Crippen molar-refractivity contribution in [2.45, 2.75) is 109 Å². The molecule has 0 aliphatic heterocycles. The summed E-state index contributed by atoms with van der Waals surface area (Å²) in [6, 6.07) is 0.0325. The molecule has 0 heterocycles. The van der Waals surface area contributed by atoms with Crippen molar-refractivity contribution in [2.75, 3.05) is 54.2 Å². The van der Waals surface area contributed by atoms with E-state index in [1.165, 1.54) is 77.0 Å². The van der Waals surface area contributed by atoms with Crippen molar-refractivity contribution >= 4 is 7.82 Å². The zero-order chi connectivity index (χ0) is 24.8. The van der Waals surface area contributed by atoms with Crippen molar-refractivity contribution in [2.24, 2.45) is 0 Å². The van der Waals surface area contributed by atoms with Gasteiger partial charge in [-0.05, 0) is 25.7 Å². The Bertz CT molecular complexity index is 466. The third-order valence-corrected chi connectivity index (χ3v) is 6.56. The maximum Gasteiger partial charge on any atom is 0.469 e. The van der Waals surface area contributed by atoms with E-state index in [2.05, 4.69) is 6.92 Å². The highest BCUT2D eigenvalue weighted by molar-refractivity contribution is 7.46. The molecule has 0 aromatic heterocycles. The second-order valence-corrected chi connectivity index (χ2v) is 11.4. The first-order chi connectivity index (χ1) is 15.7. The standard InChI is InChI=1S/C25H54NO6P/c1-5-6-15-20-30-21-16-13-11-9-7-8-10-12-14-17-22-31-23-18-19-25(26(2,3)4)24-32-33(27,28)29/h25H,5-24H2,1-4H3,(H-,27,28,29)/p+1. The van der Waals surface area contributed by atoms with Gasteiger partial charge in [0.2, 0.25) is 0 Å². The van der Waals surface area contributed by atoms with Crippen LogP contribution in [0.3, 0.4) is 0 Å². The van der Waals surface area contributed by atoms with Crippen LogP contribution in [0, 0.1) is 0 Å². The van der Waals surface area contributed by atoms with E-state index >= 15 is 0 Å². The van der Waals surface area contributed by atoms with E-state index in [0.717, 1.165) is 39.1 Å².